The number of hydrogen-bond donors (Lipinski definition) is 1. The van der Waals surface area contributed by atoms with Crippen LogP contribution in [0.25, 0.3) is 0 Å². The highest BCUT2D eigenvalue weighted by atomic mass is 16.3. The second-order valence-electron chi connectivity index (χ2n) is 5.41. The van der Waals surface area contributed by atoms with E-state index in [9.17, 15) is 4.79 Å². The summed E-state index contributed by atoms with van der Waals surface area (Å²) in [4.78, 5) is 11.9. The van der Waals surface area contributed by atoms with Gasteiger partial charge < -0.3 is 5.11 Å². The first kappa shape index (κ1) is 13.3. The van der Waals surface area contributed by atoms with E-state index in [-0.39, 0.29) is 12.4 Å². The minimum Gasteiger partial charge on any atom is -0.396 e. The molecule has 2 nitrogen and oxygen atoms in total. The van der Waals surface area contributed by atoms with E-state index in [1.807, 2.05) is 12.1 Å². The smallest absolute Gasteiger partial charge is 0.162 e. The van der Waals surface area contributed by atoms with Crippen molar-refractivity contribution in [2.45, 2.75) is 51.4 Å². The molecule has 0 unspecified atom stereocenters. The summed E-state index contributed by atoms with van der Waals surface area (Å²) in [6.45, 7) is 4.43. The first-order chi connectivity index (χ1) is 8.63. The highest BCUT2D eigenvalue weighted by molar-refractivity contribution is 5.96. The molecule has 1 aliphatic carbocycles. The van der Waals surface area contributed by atoms with Crippen LogP contribution in [0.2, 0.25) is 0 Å². The number of carbonyl (C=O) groups excluding carboxylic acids is 1. The van der Waals surface area contributed by atoms with Crippen molar-refractivity contribution in [3.8, 4) is 0 Å². The fourth-order valence-electron chi connectivity index (χ4n) is 2.78. The molecule has 1 aromatic rings. The molecule has 0 spiro atoms. The predicted molar refractivity (Wildman–Crippen MR) is 73.0 cm³/mol. The van der Waals surface area contributed by atoms with Crippen molar-refractivity contribution in [1.29, 1.82) is 0 Å². The Morgan fingerprint density at radius 3 is 2.61 bits per heavy atom. The predicted octanol–water partition coefficient (Wildman–Crippen LogP) is 3.39. The summed E-state index contributed by atoms with van der Waals surface area (Å²) < 4.78 is 0. The Balaban J connectivity index is 2.17. The standard InChI is InChI=1S/C16H22O2/c1-3-16(8-9-16)14-7-6-13(11-12(14)2)15(18)5-4-10-17/h6-7,11,17H,3-5,8-10H2,1-2H3. The fourth-order valence-corrected chi connectivity index (χ4v) is 2.78. The minimum absolute atomic E-state index is 0.0851. The van der Waals surface area contributed by atoms with Gasteiger partial charge in [-0.2, -0.15) is 0 Å². The topological polar surface area (TPSA) is 37.3 Å². The number of aryl methyl sites for hydroxylation is 1. The Morgan fingerprint density at radius 1 is 1.39 bits per heavy atom. The van der Waals surface area contributed by atoms with Crippen LogP contribution in [0.5, 0.6) is 0 Å². The molecule has 1 aromatic carbocycles. The van der Waals surface area contributed by atoms with E-state index in [1.54, 1.807) is 0 Å². The molecule has 0 amide bonds. The molecule has 0 saturated heterocycles. The van der Waals surface area contributed by atoms with Crippen LogP contribution in [0.1, 0.15) is 60.5 Å². The maximum atomic E-state index is 11.9. The average Bonchev–Trinajstić information content (AvgIpc) is 3.16. The lowest BCUT2D eigenvalue weighted by Crippen LogP contribution is -2.08. The molecule has 1 fully saturated rings. The zero-order valence-electron chi connectivity index (χ0n) is 11.3. The van der Waals surface area contributed by atoms with Crippen molar-refractivity contribution in [1.82, 2.24) is 0 Å². The van der Waals surface area contributed by atoms with Crippen molar-refractivity contribution in [3.05, 3.63) is 34.9 Å². The van der Waals surface area contributed by atoms with Crippen LogP contribution < -0.4 is 0 Å². The van der Waals surface area contributed by atoms with Crippen LogP contribution in [0.4, 0.5) is 0 Å². The molecule has 0 aliphatic heterocycles. The third kappa shape index (κ3) is 2.49. The summed E-state index contributed by atoms with van der Waals surface area (Å²) in [6, 6.07) is 6.11. The van der Waals surface area contributed by atoms with Crippen molar-refractivity contribution < 1.29 is 9.90 Å². The molecule has 1 N–H and O–H groups in total. The van der Waals surface area contributed by atoms with Crippen molar-refractivity contribution in [2.24, 2.45) is 0 Å². The zero-order chi connectivity index (χ0) is 13.2. The molecular formula is C16H22O2. The van der Waals surface area contributed by atoms with Gasteiger partial charge in [0.1, 0.15) is 0 Å². The number of ketones is 1. The first-order valence-electron chi connectivity index (χ1n) is 6.88. The number of benzene rings is 1. The minimum atomic E-state index is 0.0851. The average molecular weight is 246 g/mol. The molecular weight excluding hydrogens is 224 g/mol. The zero-order valence-corrected chi connectivity index (χ0v) is 11.3. The lowest BCUT2D eigenvalue weighted by Gasteiger charge is -2.16. The highest BCUT2D eigenvalue weighted by Gasteiger charge is 2.43. The number of carbonyl (C=O) groups is 1. The van der Waals surface area contributed by atoms with Crippen LogP contribution in [-0.4, -0.2) is 17.5 Å². The largest absolute Gasteiger partial charge is 0.396 e. The Bertz CT molecular complexity index is 444. The van der Waals surface area contributed by atoms with Crippen LogP contribution >= 0.6 is 0 Å². The summed E-state index contributed by atoms with van der Waals surface area (Å²) in [5.41, 5.74) is 3.85. The summed E-state index contributed by atoms with van der Waals surface area (Å²) in [7, 11) is 0. The van der Waals surface area contributed by atoms with Crippen LogP contribution in [0, 0.1) is 6.92 Å². The van der Waals surface area contributed by atoms with Crippen LogP contribution in [-0.2, 0) is 5.41 Å². The van der Waals surface area contributed by atoms with Gasteiger partial charge in [-0.3, -0.25) is 4.79 Å². The van der Waals surface area contributed by atoms with Gasteiger partial charge in [-0.05, 0) is 55.2 Å². The van der Waals surface area contributed by atoms with Gasteiger partial charge in [-0.25, -0.2) is 0 Å². The van der Waals surface area contributed by atoms with Gasteiger partial charge in [0.25, 0.3) is 0 Å². The first-order valence-corrected chi connectivity index (χ1v) is 6.88. The number of hydrogen-bond acceptors (Lipinski definition) is 2. The van der Waals surface area contributed by atoms with Crippen LogP contribution in [0.3, 0.4) is 0 Å². The van der Waals surface area contributed by atoms with Gasteiger partial charge in [0, 0.05) is 18.6 Å². The van der Waals surface area contributed by atoms with E-state index in [0.717, 1.165) is 5.56 Å². The Morgan fingerprint density at radius 2 is 2.11 bits per heavy atom. The fraction of sp³-hybridized carbons (Fsp3) is 0.562. The third-order valence-corrected chi connectivity index (χ3v) is 4.21. The van der Waals surface area contributed by atoms with E-state index < -0.39 is 0 Å². The maximum absolute atomic E-state index is 11.9. The van der Waals surface area contributed by atoms with E-state index in [1.165, 1.54) is 30.4 Å². The van der Waals surface area contributed by atoms with Gasteiger partial charge >= 0.3 is 0 Å². The molecule has 2 rings (SSSR count). The molecule has 0 bridgehead atoms. The molecule has 1 aliphatic rings. The Kier molecular flexibility index (Phi) is 3.86. The molecule has 0 atom stereocenters. The molecule has 0 heterocycles. The van der Waals surface area contributed by atoms with Crippen LogP contribution in [0.15, 0.2) is 18.2 Å². The Labute approximate surface area is 109 Å². The monoisotopic (exact) mass is 246 g/mol. The lowest BCUT2D eigenvalue weighted by atomic mass is 9.88. The summed E-state index contributed by atoms with van der Waals surface area (Å²) in [5.74, 6) is 0.139. The lowest BCUT2D eigenvalue weighted by molar-refractivity contribution is 0.0971. The second-order valence-corrected chi connectivity index (χ2v) is 5.41. The quantitative estimate of drug-likeness (QED) is 0.781. The number of aliphatic hydroxyl groups is 1. The van der Waals surface area contributed by atoms with E-state index in [4.69, 9.17) is 5.11 Å². The third-order valence-electron chi connectivity index (χ3n) is 4.21. The SMILES string of the molecule is CCC1(c2ccc(C(=O)CCCO)cc2C)CC1. The van der Waals surface area contributed by atoms with E-state index in [0.29, 0.717) is 18.3 Å². The molecule has 18 heavy (non-hydrogen) atoms. The number of Topliss-reactive ketones (excluding diaryl/α,β-unsaturated/α-hetero) is 1. The van der Waals surface area contributed by atoms with Gasteiger partial charge in [0.05, 0.1) is 0 Å². The second kappa shape index (κ2) is 5.23. The van der Waals surface area contributed by atoms with Crippen molar-refractivity contribution in [3.63, 3.8) is 0 Å². The molecule has 98 valence electrons. The summed E-state index contributed by atoms with van der Waals surface area (Å²) >= 11 is 0. The van der Waals surface area contributed by atoms with Gasteiger partial charge in [0.15, 0.2) is 5.78 Å². The molecule has 1 saturated carbocycles. The highest BCUT2D eigenvalue weighted by Crippen LogP contribution is 2.51. The van der Waals surface area contributed by atoms with E-state index in [2.05, 4.69) is 19.9 Å². The summed E-state index contributed by atoms with van der Waals surface area (Å²) in [6.07, 6.45) is 4.74. The number of aliphatic hydroxyl groups excluding tert-OH is 1. The molecule has 0 aromatic heterocycles. The van der Waals surface area contributed by atoms with Gasteiger partial charge in [-0.1, -0.05) is 19.1 Å². The maximum Gasteiger partial charge on any atom is 0.162 e. The number of rotatable bonds is 6. The van der Waals surface area contributed by atoms with Crippen molar-refractivity contribution >= 4 is 5.78 Å². The van der Waals surface area contributed by atoms with E-state index >= 15 is 0 Å². The van der Waals surface area contributed by atoms with Gasteiger partial charge in [0.2, 0.25) is 0 Å². The molecule has 2 heteroatoms. The normalized spacial score (nSPS) is 16.6. The van der Waals surface area contributed by atoms with Gasteiger partial charge in [-0.15, -0.1) is 0 Å². The van der Waals surface area contributed by atoms with Crippen molar-refractivity contribution in [2.75, 3.05) is 6.61 Å². The molecule has 0 radical (unpaired) electrons. The Hall–Kier alpha value is -1.15. The summed E-state index contributed by atoms with van der Waals surface area (Å²) in [5, 5.41) is 8.76.